The van der Waals surface area contributed by atoms with E-state index < -0.39 is 0 Å². The number of aryl methyl sites for hydroxylation is 1. The number of anilines is 2. The summed E-state index contributed by atoms with van der Waals surface area (Å²) in [5, 5.41) is 12.6. The van der Waals surface area contributed by atoms with Crippen LogP contribution < -0.4 is 9.80 Å². The molecule has 1 atom stereocenters. The maximum atomic E-state index is 9.47. The van der Waals surface area contributed by atoms with Gasteiger partial charge < -0.3 is 14.9 Å². The molecule has 3 heterocycles. The van der Waals surface area contributed by atoms with Crippen molar-refractivity contribution in [1.29, 1.82) is 0 Å². The Morgan fingerprint density at radius 2 is 2.32 bits per heavy atom. The predicted molar refractivity (Wildman–Crippen MR) is 88.4 cm³/mol. The van der Waals surface area contributed by atoms with Crippen molar-refractivity contribution in [3.05, 3.63) is 28.5 Å². The van der Waals surface area contributed by atoms with E-state index in [1.807, 2.05) is 20.0 Å². The van der Waals surface area contributed by atoms with E-state index in [0.717, 1.165) is 48.3 Å². The van der Waals surface area contributed by atoms with Gasteiger partial charge in [0.1, 0.15) is 18.0 Å². The minimum absolute atomic E-state index is 0.174. The number of aliphatic hydroxyl groups excluding tert-OH is 1. The van der Waals surface area contributed by atoms with Crippen LogP contribution in [0.1, 0.15) is 23.5 Å². The number of rotatable bonds is 5. The monoisotopic (exact) mass is 319 g/mol. The second-order valence-corrected chi connectivity index (χ2v) is 6.68. The average molecular weight is 319 g/mol. The molecule has 1 aliphatic rings. The molecule has 0 bridgehead atoms. The Bertz CT molecular complexity index is 632. The summed E-state index contributed by atoms with van der Waals surface area (Å²) in [6.45, 7) is 3.85. The normalized spacial score (nSPS) is 18.0. The van der Waals surface area contributed by atoms with Gasteiger partial charge in [-0.05, 0) is 19.8 Å². The molecule has 1 fully saturated rings. The first-order valence-corrected chi connectivity index (χ1v) is 8.37. The highest BCUT2D eigenvalue weighted by atomic mass is 32.1. The van der Waals surface area contributed by atoms with Gasteiger partial charge in [0, 0.05) is 25.0 Å². The van der Waals surface area contributed by atoms with Gasteiger partial charge in [0.05, 0.1) is 29.9 Å². The van der Waals surface area contributed by atoms with Gasteiger partial charge in [-0.25, -0.2) is 15.0 Å². The maximum absolute atomic E-state index is 9.47. The average Bonchev–Trinajstić information content (AvgIpc) is 3.16. The number of aromatic nitrogens is 3. The Hall–Kier alpha value is -1.73. The second-order valence-electron chi connectivity index (χ2n) is 5.62. The Morgan fingerprint density at radius 3 is 3.05 bits per heavy atom. The van der Waals surface area contributed by atoms with Crippen molar-refractivity contribution in [3.8, 4) is 0 Å². The van der Waals surface area contributed by atoms with E-state index in [1.54, 1.807) is 17.7 Å². The zero-order valence-electron chi connectivity index (χ0n) is 12.9. The Labute approximate surface area is 134 Å². The largest absolute Gasteiger partial charge is 0.394 e. The molecule has 6 nitrogen and oxygen atoms in total. The highest BCUT2D eigenvalue weighted by Crippen LogP contribution is 2.25. The van der Waals surface area contributed by atoms with Crippen molar-refractivity contribution in [2.75, 3.05) is 30.0 Å². The van der Waals surface area contributed by atoms with E-state index in [2.05, 4.69) is 30.1 Å². The summed E-state index contributed by atoms with van der Waals surface area (Å²) in [7, 11) is 2.01. The lowest BCUT2D eigenvalue weighted by atomic mass is 10.2. The van der Waals surface area contributed by atoms with Crippen LogP contribution in [-0.2, 0) is 6.54 Å². The molecule has 0 saturated carbocycles. The SMILES string of the molecule is Cc1nc(CN(C)c2cc(N3CCC[C@@H]3CO)ncn2)cs1. The highest BCUT2D eigenvalue weighted by molar-refractivity contribution is 7.09. The summed E-state index contributed by atoms with van der Waals surface area (Å²) >= 11 is 1.66. The summed E-state index contributed by atoms with van der Waals surface area (Å²) in [6.07, 6.45) is 3.71. The molecule has 3 rings (SSSR count). The van der Waals surface area contributed by atoms with E-state index >= 15 is 0 Å². The number of aliphatic hydroxyl groups is 1. The van der Waals surface area contributed by atoms with Crippen molar-refractivity contribution < 1.29 is 5.11 Å². The molecule has 1 saturated heterocycles. The summed E-state index contributed by atoms with van der Waals surface area (Å²) in [5.74, 6) is 1.77. The number of nitrogens with zero attached hydrogens (tertiary/aromatic N) is 5. The Kier molecular flexibility index (Phi) is 4.54. The van der Waals surface area contributed by atoms with Gasteiger partial charge >= 0.3 is 0 Å². The van der Waals surface area contributed by atoms with Crippen LogP contribution in [0.5, 0.6) is 0 Å². The first kappa shape index (κ1) is 15.2. The molecule has 7 heteroatoms. The second kappa shape index (κ2) is 6.58. The first-order chi connectivity index (χ1) is 10.7. The molecule has 1 aliphatic heterocycles. The molecule has 118 valence electrons. The lowest BCUT2D eigenvalue weighted by molar-refractivity contribution is 0.266. The standard InChI is InChI=1S/C15H21N5OS/c1-11-18-12(9-22-11)7-19(2)14-6-15(17-10-16-14)20-5-3-4-13(20)8-21/h6,9-10,13,21H,3-5,7-8H2,1-2H3/t13-/m1/s1. The fourth-order valence-corrected chi connectivity index (χ4v) is 3.44. The predicted octanol–water partition coefficient (Wildman–Crippen LogP) is 1.84. The fraction of sp³-hybridized carbons (Fsp3) is 0.533. The zero-order valence-corrected chi connectivity index (χ0v) is 13.8. The van der Waals surface area contributed by atoms with Crippen molar-refractivity contribution in [2.45, 2.75) is 32.4 Å². The van der Waals surface area contributed by atoms with Crippen LogP contribution in [0.2, 0.25) is 0 Å². The Morgan fingerprint density at radius 1 is 1.45 bits per heavy atom. The van der Waals surface area contributed by atoms with Gasteiger partial charge in [-0.3, -0.25) is 0 Å². The van der Waals surface area contributed by atoms with Crippen LogP contribution in [0.15, 0.2) is 17.8 Å². The van der Waals surface area contributed by atoms with Gasteiger partial charge in [0.25, 0.3) is 0 Å². The molecule has 0 radical (unpaired) electrons. The molecule has 0 unspecified atom stereocenters. The van der Waals surface area contributed by atoms with Crippen molar-refractivity contribution >= 4 is 23.0 Å². The zero-order chi connectivity index (χ0) is 15.5. The molecule has 0 aromatic carbocycles. The van der Waals surface area contributed by atoms with Crippen LogP contribution in [0.4, 0.5) is 11.6 Å². The van der Waals surface area contributed by atoms with Crippen LogP contribution in [0, 0.1) is 6.92 Å². The van der Waals surface area contributed by atoms with Crippen molar-refractivity contribution in [3.63, 3.8) is 0 Å². The van der Waals surface area contributed by atoms with Crippen molar-refractivity contribution in [1.82, 2.24) is 15.0 Å². The highest BCUT2D eigenvalue weighted by Gasteiger charge is 2.25. The van der Waals surface area contributed by atoms with E-state index in [9.17, 15) is 5.11 Å². The number of hydrogen-bond acceptors (Lipinski definition) is 7. The molecule has 0 amide bonds. The fourth-order valence-electron chi connectivity index (χ4n) is 2.83. The van der Waals surface area contributed by atoms with E-state index in [4.69, 9.17) is 0 Å². The van der Waals surface area contributed by atoms with E-state index in [1.165, 1.54) is 0 Å². The van der Waals surface area contributed by atoms with Crippen LogP contribution in [-0.4, -0.2) is 46.3 Å². The molecular formula is C15H21N5OS. The van der Waals surface area contributed by atoms with E-state index in [-0.39, 0.29) is 12.6 Å². The minimum Gasteiger partial charge on any atom is -0.394 e. The van der Waals surface area contributed by atoms with Crippen LogP contribution in [0.3, 0.4) is 0 Å². The summed E-state index contributed by atoms with van der Waals surface area (Å²) in [4.78, 5) is 17.5. The molecule has 0 aliphatic carbocycles. The summed E-state index contributed by atoms with van der Waals surface area (Å²) in [5.41, 5.74) is 1.06. The summed E-state index contributed by atoms with van der Waals surface area (Å²) < 4.78 is 0. The van der Waals surface area contributed by atoms with E-state index in [0.29, 0.717) is 0 Å². The molecule has 2 aromatic heterocycles. The van der Waals surface area contributed by atoms with Gasteiger partial charge in [0.15, 0.2) is 0 Å². The third kappa shape index (κ3) is 3.20. The molecule has 2 aromatic rings. The lowest BCUT2D eigenvalue weighted by Crippen LogP contribution is -2.33. The van der Waals surface area contributed by atoms with Crippen molar-refractivity contribution in [2.24, 2.45) is 0 Å². The maximum Gasteiger partial charge on any atom is 0.134 e. The van der Waals surface area contributed by atoms with Crippen LogP contribution in [0.25, 0.3) is 0 Å². The van der Waals surface area contributed by atoms with Gasteiger partial charge in [0.2, 0.25) is 0 Å². The van der Waals surface area contributed by atoms with Gasteiger partial charge in [-0.15, -0.1) is 11.3 Å². The first-order valence-electron chi connectivity index (χ1n) is 7.49. The molecule has 1 N–H and O–H groups in total. The van der Waals surface area contributed by atoms with Gasteiger partial charge in [-0.2, -0.15) is 0 Å². The Balaban J connectivity index is 1.75. The number of thiazole rings is 1. The lowest BCUT2D eigenvalue weighted by Gasteiger charge is -2.25. The molecule has 0 spiro atoms. The molecular weight excluding hydrogens is 298 g/mol. The third-order valence-electron chi connectivity index (χ3n) is 3.98. The topological polar surface area (TPSA) is 65.4 Å². The number of hydrogen-bond donors (Lipinski definition) is 1. The minimum atomic E-state index is 0.174. The summed E-state index contributed by atoms with van der Waals surface area (Å²) in [6, 6.07) is 2.17. The molecule has 22 heavy (non-hydrogen) atoms. The smallest absolute Gasteiger partial charge is 0.134 e. The third-order valence-corrected chi connectivity index (χ3v) is 4.80. The quantitative estimate of drug-likeness (QED) is 0.907. The van der Waals surface area contributed by atoms with Crippen LogP contribution >= 0.6 is 11.3 Å². The van der Waals surface area contributed by atoms with Gasteiger partial charge in [-0.1, -0.05) is 0 Å².